The highest BCUT2D eigenvalue weighted by atomic mass is 15.6. The number of hydrogen-bond donors (Lipinski definition) is 4. The number of rotatable bonds is 4. The Bertz CT molecular complexity index is 44.2. The van der Waals surface area contributed by atoms with E-state index in [1.807, 2.05) is 0 Å². The summed E-state index contributed by atoms with van der Waals surface area (Å²) in [6.45, 7) is 0.542. The summed E-state index contributed by atoms with van der Waals surface area (Å²) >= 11 is 0. The van der Waals surface area contributed by atoms with Crippen molar-refractivity contribution in [2.45, 2.75) is 0 Å². The maximum atomic E-state index is 6.53. The lowest BCUT2D eigenvalue weighted by atomic mass is 10.8. The smallest absolute Gasteiger partial charge is 0.0460 e. The molecule has 0 rings (SSSR count). The summed E-state index contributed by atoms with van der Waals surface area (Å²) < 4.78 is 0. The molecule has 0 aromatic carbocycles. The molecular weight excluding hydrogens is 92.1 g/mol. The van der Waals surface area contributed by atoms with E-state index in [-0.39, 0.29) is 0 Å². The molecule has 0 spiro atoms. The Morgan fingerprint density at radius 3 is 2.86 bits per heavy atom. The van der Waals surface area contributed by atoms with E-state index >= 15 is 0 Å². The molecule has 7 heavy (non-hydrogen) atoms. The molecule has 0 aliphatic heterocycles. The van der Waals surface area contributed by atoms with Gasteiger partial charge >= 0.3 is 0 Å². The van der Waals surface area contributed by atoms with Gasteiger partial charge in [-0.25, -0.2) is 10.9 Å². The molecule has 0 saturated carbocycles. The first kappa shape index (κ1) is 6.55. The molecule has 4 N–H and O–H groups in total. The fourth-order valence-corrected chi connectivity index (χ4v) is 0.190. The van der Waals surface area contributed by atoms with E-state index < -0.39 is 0 Å². The molecule has 0 fully saturated rings. The molecule has 0 radical (unpaired) electrons. The van der Waals surface area contributed by atoms with Crippen LogP contribution in [0.4, 0.5) is 0 Å². The topological polar surface area (TPSA) is 59.9 Å². The highest BCUT2D eigenvalue weighted by Crippen LogP contribution is 1.36. The third kappa shape index (κ3) is 5.55. The molecule has 0 aliphatic carbocycles. The minimum Gasteiger partial charge on any atom is -0.312 e. The highest BCUT2D eigenvalue weighted by Gasteiger charge is 1.69. The molecule has 0 unspecified atom stereocenters. The Labute approximate surface area is 42.7 Å². The van der Waals surface area contributed by atoms with E-state index in [1.54, 1.807) is 7.05 Å². The first-order valence-corrected chi connectivity index (χ1v) is 2.05. The van der Waals surface area contributed by atoms with Crippen LogP contribution in [0.25, 0.3) is 0 Å². The molecule has 4 nitrogen and oxygen atoms in total. The molecule has 0 atom stereocenters. The Morgan fingerprint density at radius 1 is 1.71 bits per heavy atom. The van der Waals surface area contributed by atoms with Gasteiger partial charge in [0.1, 0.15) is 0 Å². The van der Waals surface area contributed by atoms with Gasteiger partial charge in [-0.3, -0.25) is 0 Å². The van der Waals surface area contributed by atoms with Gasteiger partial charge in [0.15, 0.2) is 0 Å². The molecule has 0 aromatic heterocycles. The first-order chi connectivity index (χ1) is 3.41. The second-order valence-corrected chi connectivity index (χ2v) is 0.960. The summed E-state index contributed by atoms with van der Waals surface area (Å²) in [6, 6.07) is 0. The fourth-order valence-electron chi connectivity index (χ4n) is 0.190. The summed E-state index contributed by atoms with van der Waals surface area (Å²) in [5.41, 5.74) is 7.92. The predicted molar refractivity (Wildman–Crippen MR) is 29.0 cm³/mol. The number of nitrogens with one attached hydrogen (secondary N) is 4. The Morgan fingerprint density at radius 2 is 2.43 bits per heavy atom. The highest BCUT2D eigenvalue weighted by molar-refractivity contribution is 5.55. The van der Waals surface area contributed by atoms with Crippen molar-refractivity contribution in [2.24, 2.45) is 0 Å². The quantitative estimate of drug-likeness (QED) is 0.206. The molecule has 0 bridgehead atoms. The van der Waals surface area contributed by atoms with Crippen molar-refractivity contribution in [1.29, 1.82) is 5.41 Å². The molecular formula is C3H10N4. The van der Waals surface area contributed by atoms with Crippen LogP contribution in [-0.2, 0) is 0 Å². The minimum absolute atomic E-state index is 0.542. The Kier molecular flexibility index (Phi) is 5.19. The molecule has 42 valence electrons. The average Bonchev–Trinajstić information content (AvgIpc) is 1.69. The van der Waals surface area contributed by atoms with E-state index in [0.717, 1.165) is 0 Å². The normalized spacial score (nSPS) is 8.71. The molecule has 4 heteroatoms. The maximum Gasteiger partial charge on any atom is 0.0460 e. The van der Waals surface area contributed by atoms with Crippen molar-refractivity contribution in [1.82, 2.24) is 16.4 Å². The van der Waals surface area contributed by atoms with Gasteiger partial charge in [-0.05, 0) is 7.05 Å². The van der Waals surface area contributed by atoms with E-state index in [0.29, 0.717) is 6.54 Å². The Hall–Kier alpha value is -0.450. The summed E-state index contributed by atoms with van der Waals surface area (Å²) in [6.07, 6.45) is 1.27. The van der Waals surface area contributed by atoms with Gasteiger partial charge in [0.25, 0.3) is 0 Å². The van der Waals surface area contributed by atoms with Gasteiger partial charge in [0.05, 0.1) is 0 Å². The van der Waals surface area contributed by atoms with Crippen molar-refractivity contribution >= 4 is 6.21 Å². The zero-order valence-corrected chi connectivity index (χ0v) is 4.28. The molecule has 0 heterocycles. The summed E-state index contributed by atoms with van der Waals surface area (Å²) in [4.78, 5) is 0. The summed E-state index contributed by atoms with van der Waals surface area (Å²) in [5, 5.41) is 6.53. The lowest BCUT2D eigenvalue weighted by Gasteiger charge is -1.98. The second kappa shape index (κ2) is 5.55. The average molecular weight is 102 g/mol. The van der Waals surface area contributed by atoms with Gasteiger partial charge in [0.2, 0.25) is 0 Å². The van der Waals surface area contributed by atoms with Gasteiger partial charge in [-0.2, -0.15) is 5.53 Å². The molecule has 0 aromatic rings. The van der Waals surface area contributed by atoms with Gasteiger partial charge < -0.3 is 5.41 Å². The van der Waals surface area contributed by atoms with E-state index in [9.17, 15) is 0 Å². The standard InChI is InChI=1S/C3H10N4/c1-5-7-6-3-2-4/h2,4-7H,3H2,1H3. The van der Waals surface area contributed by atoms with Crippen LogP contribution in [0.1, 0.15) is 0 Å². The summed E-state index contributed by atoms with van der Waals surface area (Å²) in [5.74, 6) is 0. The van der Waals surface area contributed by atoms with Gasteiger partial charge in [-0.1, -0.05) is 0 Å². The predicted octanol–water partition coefficient (Wildman–Crippen LogP) is -1.14. The van der Waals surface area contributed by atoms with Crippen LogP contribution in [0.2, 0.25) is 0 Å². The van der Waals surface area contributed by atoms with E-state index in [4.69, 9.17) is 5.41 Å². The number of hydrazine groups is 2. The van der Waals surface area contributed by atoms with Crippen LogP contribution in [0, 0.1) is 5.41 Å². The lowest BCUT2D eigenvalue weighted by Crippen LogP contribution is -2.41. The molecule has 0 aliphatic rings. The van der Waals surface area contributed by atoms with E-state index in [2.05, 4.69) is 16.4 Å². The third-order valence-electron chi connectivity index (χ3n) is 0.418. The zero-order valence-electron chi connectivity index (χ0n) is 4.28. The van der Waals surface area contributed by atoms with Crippen molar-refractivity contribution in [3.05, 3.63) is 0 Å². The van der Waals surface area contributed by atoms with E-state index in [1.165, 1.54) is 6.21 Å². The molecule has 0 saturated heterocycles. The fraction of sp³-hybridized carbons (Fsp3) is 0.667. The first-order valence-electron chi connectivity index (χ1n) is 2.05. The summed E-state index contributed by atoms with van der Waals surface area (Å²) in [7, 11) is 1.75. The Balaban J connectivity index is 2.56. The van der Waals surface area contributed by atoms with Crippen LogP contribution in [0.3, 0.4) is 0 Å². The third-order valence-corrected chi connectivity index (χ3v) is 0.418. The van der Waals surface area contributed by atoms with Crippen LogP contribution in [0.5, 0.6) is 0 Å². The monoisotopic (exact) mass is 102 g/mol. The van der Waals surface area contributed by atoms with Crippen molar-refractivity contribution in [3.63, 3.8) is 0 Å². The van der Waals surface area contributed by atoms with Crippen molar-refractivity contribution in [3.8, 4) is 0 Å². The number of hydrogen-bond acceptors (Lipinski definition) is 4. The van der Waals surface area contributed by atoms with Crippen LogP contribution in [0.15, 0.2) is 0 Å². The second-order valence-electron chi connectivity index (χ2n) is 0.960. The van der Waals surface area contributed by atoms with Crippen LogP contribution in [-0.4, -0.2) is 19.8 Å². The van der Waals surface area contributed by atoms with Gasteiger partial charge in [-0.15, -0.1) is 0 Å². The lowest BCUT2D eigenvalue weighted by molar-refractivity contribution is 0.504. The SMILES string of the molecule is CNNNCC=N. The largest absolute Gasteiger partial charge is 0.312 e. The van der Waals surface area contributed by atoms with Crippen molar-refractivity contribution in [2.75, 3.05) is 13.6 Å². The van der Waals surface area contributed by atoms with Crippen LogP contribution >= 0.6 is 0 Å². The van der Waals surface area contributed by atoms with Crippen molar-refractivity contribution < 1.29 is 0 Å². The van der Waals surface area contributed by atoms with Gasteiger partial charge in [0, 0.05) is 12.8 Å². The minimum atomic E-state index is 0.542. The van der Waals surface area contributed by atoms with Crippen LogP contribution < -0.4 is 16.4 Å². The maximum absolute atomic E-state index is 6.53. The zero-order chi connectivity index (χ0) is 5.54. The molecule has 0 amide bonds.